The van der Waals surface area contributed by atoms with Gasteiger partial charge in [-0.25, -0.2) is 0 Å². The van der Waals surface area contributed by atoms with E-state index in [-0.39, 0.29) is 12.7 Å². The Morgan fingerprint density at radius 2 is 2.17 bits per heavy atom. The largest absolute Gasteiger partial charge is 0.467 e. The van der Waals surface area contributed by atoms with Crippen LogP contribution in [0.2, 0.25) is 0 Å². The van der Waals surface area contributed by atoms with E-state index < -0.39 is 6.10 Å². The number of fused-ring (bicyclic) bond motifs is 1. The third-order valence-electron chi connectivity index (χ3n) is 3.41. The number of benzene rings is 1. The second-order valence-electron chi connectivity index (χ2n) is 5.06. The van der Waals surface area contributed by atoms with Crippen molar-refractivity contribution < 1.29 is 23.8 Å². The molecule has 0 saturated heterocycles. The lowest BCUT2D eigenvalue weighted by molar-refractivity contribution is -0.116. The van der Waals surface area contributed by atoms with E-state index in [0.29, 0.717) is 30.2 Å². The number of amides is 1. The first-order valence-corrected chi connectivity index (χ1v) is 7.29. The third-order valence-corrected chi connectivity index (χ3v) is 3.41. The highest BCUT2D eigenvalue weighted by Gasteiger charge is 2.12. The number of hydrogen-bond donors (Lipinski definition) is 2. The Morgan fingerprint density at radius 1 is 1.30 bits per heavy atom. The zero-order valence-corrected chi connectivity index (χ0v) is 12.4. The normalized spacial score (nSPS) is 14.1. The summed E-state index contributed by atoms with van der Waals surface area (Å²) in [5.41, 5.74) is 0.847. The van der Waals surface area contributed by atoms with Crippen LogP contribution in [0, 0.1) is 0 Å². The van der Waals surface area contributed by atoms with Crippen LogP contribution < -0.4 is 14.8 Å². The lowest BCUT2D eigenvalue weighted by atomic mass is 10.2. The summed E-state index contributed by atoms with van der Waals surface area (Å²) >= 11 is 0. The van der Waals surface area contributed by atoms with Gasteiger partial charge < -0.3 is 24.3 Å². The van der Waals surface area contributed by atoms with Crippen LogP contribution in [-0.2, 0) is 4.79 Å². The number of hydrogen-bond acceptors (Lipinski definition) is 5. The minimum atomic E-state index is -0.719. The molecule has 23 heavy (non-hydrogen) atoms. The second kappa shape index (κ2) is 7.02. The van der Waals surface area contributed by atoms with Crippen LogP contribution in [-0.4, -0.2) is 24.4 Å². The average molecular weight is 315 g/mol. The Kier molecular flexibility index (Phi) is 4.63. The van der Waals surface area contributed by atoms with Crippen molar-refractivity contribution in [3.8, 4) is 11.5 Å². The van der Waals surface area contributed by atoms with Gasteiger partial charge in [0.1, 0.15) is 11.9 Å². The van der Waals surface area contributed by atoms with Gasteiger partial charge in [-0.05, 0) is 42.3 Å². The first-order valence-electron chi connectivity index (χ1n) is 7.29. The first-order chi connectivity index (χ1) is 11.2. The maximum Gasteiger partial charge on any atom is 0.244 e. The molecule has 1 aromatic carbocycles. The molecule has 0 saturated carbocycles. The number of furan rings is 1. The molecule has 3 rings (SSSR count). The van der Waals surface area contributed by atoms with Crippen molar-refractivity contribution in [3.05, 3.63) is 54.0 Å². The lowest BCUT2D eigenvalue weighted by Crippen LogP contribution is -2.23. The zero-order chi connectivity index (χ0) is 16.1. The van der Waals surface area contributed by atoms with E-state index in [2.05, 4.69) is 5.32 Å². The molecule has 120 valence electrons. The van der Waals surface area contributed by atoms with Crippen molar-refractivity contribution in [1.29, 1.82) is 0 Å². The molecule has 1 atom stereocenters. The van der Waals surface area contributed by atoms with Crippen LogP contribution in [0.5, 0.6) is 11.5 Å². The molecule has 0 bridgehead atoms. The fourth-order valence-electron chi connectivity index (χ4n) is 2.20. The van der Waals surface area contributed by atoms with Crippen LogP contribution in [0.15, 0.2) is 47.1 Å². The molecule has 1 amide bonds. The standard InChI is InChI=1S/C17H17NO5/c19-13(14-2-1-9-21-14)7-8-18-17(20)6-4-12-3-5-15-16(10-12)23-11-22-15/h1-6,9-10,13,19H,7-8,11H2,(H,18,20)/b6-4+. The molecule has 2 aromatic rings. The molecule has 6 heteroatoms. The molecule has 2 N–H and O–H groups in total. The second-order valence-corrected chi connectivity index (χ2v) is 5.06. The minimum absolute atomic E-state index is 0.223. The Hall–Kier alpha value is -2.73. The molecule has 6 nitrogen and oxygen atoms in total. The fourth-order valence-corrected chi connectivity index (χ4v) is 2.20. The number of carbonyl (C=O) groups excluding carboxylic acids is 1. The summed E-state index contributed by atoms with van der Waals surface area (Å²) in [6, 6.07) is 8.88. The number of carbonyl (C=O) groups is 1. The van der Waals surface area contributed by atoms with Crippen molar-refractivity contribution in [2.24, 2.45) is 0 Å². The predicted octanol–water partition coefficient (Wildman–Crippen LogP) is 2.26. The molecule has 2 heterocycles. The quantitative estimate of drug-likeness (QED) is 0.799. The number of ether oxygens (including phenoxy) is 2. The summed E-state index contributed by atoms with van der Waals surface area (Å²) in [6.45, 7) is 0.577. The van der Waals surface area contributed by atoms with Gasteiger partial charge in [0.25, 0.3) is 0 Å². The number of aliphatic hydroxyl groups is 1. The van der Waals surface area contributed by atoms with Gasteiger partial charge in [-0.2, -0.15) is 0 Å². The molecule has 1 unspecified atom stereocenters. The number of aliphatic hydroxyl groups excluding tert-OH is 1. The van der Waals surface area contributed by atoms with Gasteiger partial charge in [0, 0.05) is 12.6 Å². The van der Waals surface area contributed by atoms with Crippen molar-refractivity contribution in [2.45, 2.75) is 12.5 Å². The number of nitrogens with one attached hydrogen (secondary N) is 1. The highest BCUT2D eigenvalue weighted by molar-refractivity contribution is 5.91. The van der Waals surface area contributed by atoms with Crippen molar-refractivity contribution >= 4 is 12.0 Å². The topological polar surface area (TPSA) is 80.9 Å². The maximum atomic E-state index is 11.8. The highest BCUT2D eigenvalue weighted by atomic mass is 16.7. The van der Waals surface area contributed by atoms with Gasteiger partial charge in [-0.3, -0.25) is 4.79 Å². The van der Waals surface area contributed by atoms with Crippen LogP contribution in [0.3, 0.4) is 0 Å². The zero-order valence-electron chi connectivity index (χ0n) is 12.4. The summed E-state index contributed by atoms with van der Waals surface area (Å²) in [7, 11) is 0. The van der Waals surface area contributed by atoms with Gasteiger partial charge in [-0.15, -0.1) is 0 Å². The molecule has 0 radical (unpaired) electrons. The third kappa shape index (κ3) is 3.92. The van der Waals surface area contributed by atoms with Crippen LogP contribution >= 0.6 is 0 Å². The van der Waals surface area contributed by atoms with Gasteiger partial charge in [0.2, 0.25) is 12.7 Å². The summed E-state index contributed by atoms with van der Waals surface area (Å²) in [6.07, 6.45) is 4.31. The van der Waals surface area contributed by atoms with Crippen molar-refractivity contribution in [3.63, 3.8) is 0 Å². The minimum Gasteiger partial charge on any atom is -0.467 e. The van der Waals surface area contributed by atoms with E-state index in [1.165, 1.54) is 12.3 Å². The SMILES string of the molecule is O=C(/C=C/c1ccc2c(c1)OCO2)NCCC(O)c1ccco1. The van der Waals surface area contributed by atoms with Gasteiger partial charge in [0.15, 0.2) is 11.5 Å². The molecule has 0 fully saturated rings. The first kappa shape index (κ1) is 15.2. The van der Waals surface area contributed by atoms with Crippen LogP contribution in [0.1, 0.15) is 23.8 Å². The monoisotopic (exact) mass is 315 g/mol. The average Bonchev–Trinajstić information content (AvgIpc) is 3.23. The van der Waals surface area contributed by atoms with Gasteiger partial charge in [-0.1, -0.05) is 6.07 Å². The fraction of sp³-hybridized carbons (Fsp3) is 0.235. The summed E-state index contributed by atoms with van der Waals surface area (Å²) < 4.78 is 15.6. The number of rotatable bonds is 6. The van der Waals surface area contributed by atoms with E-state index in [1.54, 1.807) is 24.3 Å². The maximum absolute atomic E-state index is 11.8. The van der Waals surface area contributed by atoms with E-state index in [0.717, 1.165) is 5.56 Å². The molecule has 1 aliphatic rings. The van der Waals surface area contributed by atoms with E-state index in [4.69, 9.17) is 13.9 Å². The van der Waals surface area contributed by atoms with Crippen molar-refractivity contribution in [2.75, 3.05) is 13.3 Å². The molecule has 1 aromatic heterocycles. The molecule has 0 spiro atoms. The Morgan fingerprint density at radius 3 is 3.00 bits per heavy atom. The molecule has 1 aliphatic heterocycles. The van der Waals surface area contributed by atoms with Crippen LogP contribution in [0.25, 0.3) is 6.08 Å². The summed E-state index contributed by atoms with van der Waals surface area (Å²) in [4.78, 5) is 11.8. The van der Waals surface area contributed by atoms with Gasteiger partial charge in [0.05, 0.1) is 6.26 Å². The van der Waals surface area contributed by atoms with E-state index in [9.17, 15) is 9.90 Å². The predicted molar refractivity (Wildman–Crippen MR) is 82.9 cm³/mol. The summed E-state index contributed by atoms with van der Waals surface area (Å²) in [5.74, 6) is 1.65. The molecular weight excluding hydrogens is 298 g/mol. The van der Waals surface area contributed by atoms with Gasteiger partial charge >= 0.3 is 0 Å². The molecule has 0 aliphatic carbocycles. The highest BCUT2D eigenvalue weighted by Crippen LogP contribution is 2.32. The van der Waals surface area contributed by atoms with E-state index in [1.807, 2.05) is 12.1 Å². The Balaban J connectivity index is 1.45. The van der Waals surface area contributed by atoms with E-state index >= 15 is 0 Å². The molecular formula is C17H17NO5. The van der Waals surface area contributed by atoms with Crippen LogP contribution in [0.4, 0.5) is 0 Å². The lowest BCUT2D eigenvalue weighted by Gasteiger charge is -2.07. The van der Waals surface area contributed by atoms with Crippen molar-refractivity contribution in [1.82, 2.24) is 5.32 Å². The smallest absolute Gasteiger partial charge is 0.244 e. The Labute approximate surface area is 133 Å². The Bertz CT molecular complexity index is 693. The summed E-state index contributed by atoms with van der Waals surface area (Å²) in [5, 5.41) is 12.5.